The lowest BCUT2D eigenvalue weighted by molar-refractivity contribution is -0.118. The molecule has 0 N–H and O–H groups in total. The van der Waals surface area contributed by atoms with Crippen molar-refractivity contribution < 1.29 is 13.7 Å². The van der Waals surface area contributed by atoms with Crippen molar-refractivity contribution in [2.45, 2.75) is 64.7 Å². The fourth-order valence-electron chi connectivity index (χ4n) is 2.68. The third-order valence-corrected chi connectivity index (χ3v) is 4.78. The van der Waals surface area contributed by atoms with E-state index in [1.165, 1.54) is 0 Å². The van der Waals surface area contributed by atoms with E-state index in [4.69, 9.17) is 4.52 Å². The zero-order chi connectivity index (χ0) is 21.4. The molecule has 1 amide bonds. The quantitative estimate of drug-likeness (QED) is 0.430. The summed E-state index contributed by atoms with van der Waals surface area (Å²) in [6.45, 7) is 9.84. The Hall–Kier alpha value is -2.09. The van der Waals surface area contributed by atoms with Crippen molar-refractivity contribution in [3.8, 4) is 0 Å². The standard InChI is InChI=1S/C21H28BrFN4O2/c1-15(23)9-10-19(28)27(18-14-16(22)11-12-24-18)13-7-5-6-8-17-25-20(29-26-17)21(2,3)4/h11-12,14H,1,5-10,13H2,2-4H3. The first-order chi connectivity index (χ1) is 13.7. The van der Waals surface area contributed by atoms with Gasteiger partial charge >= 0.3 is 0 Å². The molecular weight excluding hydrogens is 439 g/mol. The molecule has 0 aliphatic carbocycles. The molecular formula is C21H28BrFN4O2. The van der Waals surface area contributed by atoms with Gasteiger partial charge in [0.15, 0.2) is 5.82 Å². The molecule has 0 saturated carbocycles. The molecule has 0 radical (unpaired) electrons. The van der Waals surface area contributed by atoms with Gasteiger partial charge in [0.05, 0.1) is 5.83 Å². The summed E-state index contributed by atoms with van der Waals surface area (Å²) in [6, 6.07) is 3.59. The van der Waals surface area contributed by atoms with Crippen molar-refractivity contribution in [2.24, 2.45) is 0 Å². The molecule has 2 aromatic rings. The Kier molecular flexibility index (Phi) is 8.49. The van der Waals surface area contributed by atoms with E-state index >= 15 is 0 Å². The van der Waals surface area contributed by atoms with Crippen LogP contribution in [0.5, 0.6) is 0 Å². The van der Waals surface area contributed by atoms with Crippen LogP contribution in [-0.4, -0.2) is 27.6 Å². The van der Waals surface area contributed by atoms with E-state index in [9.17, 15) is 9.18 Å². The topological polar surface area (TPSA) is 72.1 Å². The van der Waals surface area contributed by atoms with Gasteiger partial charge in [0, 0.05) is 41.9 Å². The fraction of sp³-hybridized carbons (Fsp3) is 0.524. The zero-order valence-corrected chi connectivity index (χ0v) is 18.8. The Balaban J connectivity index is 1.88. The number of halogens is 2. The molecule has 0 saturated heterocycles. The minimum atomic E-state index is -0.491. The molecule has 0 aromatic carbocycles. The molecule has 0 unspecified atom stereocenters. The van der Waals surface area contributed by atoms with Crippen molar-refractivity contribution >= 4 is 27.7 Å². The SMILES string of the molecule is C=C(F)CCC(=O)N(CCCCCc1noc(C(C)(C)C)n1)c1cc(Br)ccn1. The van der Waals surface area contributed by atoms with Crippen LogP contribution < -0.4 is 4.90 Å². The van der Waals surface area contributed by atoms with E-state index in [0.29, 0.717) is 24.1 Å². The molecule has 0 aliphatic rings. The highest BCUT2D eigenvalue weighted by atomic mass is 79.9. The zero-order valence-electron chi connectivity index (χ0n) is 17.3. The normalized spacial score (nSPS) is 11.5. The molecule has 0 atom stereocenters. The van der Waals surface area contributed by atoms with Crippen LogP contribution in [0.3, 0.4) is 0 Å². The molecule has 6 nitrogen and oxygen atoms in total. The van der Waals surface area contributed by atoms with Crippen molar-refractivity contribution in [3.05, 3.63) is 46.9 Å². The minimum absolute atomic E-state index is 0.0251. The monoisotopic (exact) mass is 466 g/mol. The lowest BCUT2D eigenvalue weighted by atomic mass is 9.97. The van der Waals surface area contributed by atoms with Crippen LogP contribution in [0.15, 0.2) is 39.7 Å². The number of aryl methyl sites for hydroxylation is 1. The summed E-state index contributed by atoms with van der Waals surface area (Å²) in [5.74, 6) is 1.25. The number of anilines is 1. The highest BCUT2D eigenvalue weighted by Crippen LogP contribution is 2.21. The molecule has 2 rings (SSSR count). The van der Waals surface area contributed by atoms with Crippen LogP contribution in [0.25, 0.3) is 0 Å². The summed E-state index contributed by atoms with van der Waals surface area (Å²) in [6.07, 6.45) is 5.03. The van der Waals surface area contributed by atoms with Gasteiger partial charge in [-0.15, -0.1) is 0 Å². The number of unbranched alkanes of at least 4 members (excludes halogenated alkanes) is 2. The van der Waals surface area contributed by atoms with Gasteiger partial charge in [0.1, 0.15) is 5.82 Å². The Bertz CT molecular complexity index is 832. The first-order valence-electron chi connectivity index (χ1n) is 9.75. The molecule has 2 aromatic heterocycles. The average molecular weight is 467 g/mol. The Morgan fingerprint density at radius 1 is 1.28 bits per heavy atom. The van der Waals surface area contributed by atoms with Crippen molar-refractivity contribution in [3.63, 3.8) is 0 Å². The summed E-state index contributed by atoms with van der Waals surface area (Å²) in [5, 5.41) is 4.03. The van der Waals surface area contributed by atoms with Crippen molar-refractivity contribution in [2.75, 3.05) is 11.4 Å². The van der Waals surface area contributed by atoms with Crippen LogP contribution in [0.2, 0.25) is 0 Å². The maximum atomic E-state index is 13.0. The fourth-order valence-corrected chi connectivity index (χ4v) is 3.00. The van der Waals surface area contributed by atoms with Gasteiger partial charge in [0.25, 0.3) is 0 Å². The van der Waals surface area contributed by atoms with Gasteiger partial charge in [-0.25, -0.2) is 9.37 Å². The van der Waals surface area contributed by atoms with E-state index < -0.39 is 5.83 Å². The Morgan fingerprint density at radius 3 is 2.66 bits per heavy atom. The highest BCUT2D eigenvalue weighted by Gasteiger charge is 2.21. The predicted octanol–water partition coefficient (Wildman–Crippen LogP) is 5.53. The number of nitrogens with zero attached hydrogens (tertiary/aromatic N) is 4. The summed E-state index contributed by atoms with van der Waals surface area (Å²) in [4.78, 5) is 22.9. The number of carbonyl (C=O) groups is 1. The number of aromatic nitrogens is 3. The van der Waals surface area contributed by atoms with E-state index in [1.807, 2.05) is 20.8 Å². The van der Waals surface area contributed by atoms with E-state index in [1.54, 1.807) is 23.2 Å². The van der Waals surface area contributed by atoms with Gasteiger partial charge < -0.3 is 4.52 Å². The van der Waals surface area contributed by atoms with Gasteiger partial charge in [-0.1, -0.05) is 54.9 Å². The van der Waals surface area contributed by atoms with Crippen LogP contribution in [0.4, 0.5) is 10.2 Å². The van der Waals surface area contributed by atoms with Crippen LogP contribution in [0, 0.1) is 0 Å². The second kappa shape index (κ2) is 10.6. The van der Waals surface area contributed by atoms with Crippen LogP contribution in [0.1, 0.15) is 64.6 Å². The molecule has 8 heteroatoms. The number of rotatable bonds is 10. The number of carbonyl (C=O) groups excluding carboxylic acids is 1. The van der Waals surface area contributed by atoms with Crippen LogP contribution >= 0.6 is 15.9 Å². The molecule has 2 heterocycles. The molecule has 0 fully saturated rings. The van der Waals surface area contributed by atoms with Crippen molar-refractivity contribution in [1.82, 2.24) is 15.1 Å². The predicted molar refractivity (Wildman–Crippen MR) is 114 cm³/mol. The molecule has 0 bridgehead atoms. The molecule has 0 spiro atoms. The van der Waals surface area contributed by atoms with Gasteiger partial charge in [-0.3, -0.25) is 9.69 Å². The minimum Gasteiger partial charge on any atom is -0.339 e. The largest absolute Gasteiger partial charge is 0.339 e. The number of amides is 1. The van der Waals surface area contributed by atoms with Gasteiger partial charge in [0.2, 0.25) is 11.8 Å². The van der Waals surface area contributed by atoms with Crippen molar-refractivity contribution in [1.29, 1.82) is 0 Å². The molecule has 29 heavy (non-hydrogen) atoms. The number of allylic oxidation sites excluding steroid dienone is 1. The lowest BCUT2D eigenvalue weighted by Crippen LogP contribution is -2.32. The first-order valence-corrected chi connectivity index (χ1v) is 10.5. The Morgan fingerprint density at radius 2 is 2.03 bits per heavy atom. The highest BCUT2D eigenvalue weighted by molar-refractivity contribution is 9.10. The number of hydrogen-bond acceptors (Lipinski definition) is 5. The second-order valence-corrected chi connectivity index (χ2v) is 8.89. The third-order valence-electron chi connectivity index (χ3n) is 4.29. The van der Waals surface area contributed by atoms with Gasteiger partial charge in [-0.05, 0) is 25.0 Å². The average Bonchev–Trinajstić information content (AvgIpc) is 3.12. The van der Waals surface area contributed by atoms with E-state index in [2.05, 4.69) is 37.6 Å². The van der Waals surface area contributed by atoms with E-state index in [0.717, 1.165) is 30.2 Å². The van der Waals surface area contributed by atoms with E-state index in [-0.39, 0.29) is 24.2 Å². The van der Waals surface area contributed by atoms with Gasteiger partial charge in [-0.2, -0.15) is 4.98 Å². The maximum absolute atomic E-state index is 13.0. The smallest absolute Gasteiger partial charge is 0.232 e. The molecule has 0 aliphatic heterocycles. The third kappa shape index (κ3) is 7.68. The number of hydrogen-bond donors (Lipinski definition) is 0. The maximum Gasteiger partial charge on any atom is 0.232 e. The Labute approximate surface area is 179 Å². The lowest BCUT2D eigenvalue weighted by Gasteiger charge is -2.22. The summed E-state index contributed by atoms with van der Waals surface area (Å²) in [5.41, 5.74) is -0.159. The molecule has 158 valence electrons. The van der Waals surface area contributed by atoms with Crippen LogP contribution in [-0.2, 0) is 16.6 Å². The summed E-state index contributed by atoms with van der Waals surface area (Å²) < 4.78 is 19.1. The summed E-state index contributed by atoms with van der Waals surface area (Å²) >= 11 is 3.40. The number of pyridine rings is 1. The first kappa shape index (κ1) is 23.2. The summed E-state index contributed by atoms with van der Waals surface area (Å²) in [7, 11) is 0. The second-order valence-electron chi connectivity index (χ2n) is 7.97.